The van der Waals surface area contributed by atoms with E-state index in [-0.39, 0.29) is 5.56 Å². The van der Waals surface area contributed by atoms with Crippen LogP contribution in [0, 0.1) is 0 Å². The molecule has 0 bridgehead atoms. The van der Waals surface area contributed by atoms with Crippen LogP contribution in [0.25, 0.3) is 21.3 Å². The van der Waals surface area contributed by atoms with Gasteiger partial charge >= 0.3 is 0 Å². The molecule has 2 aromatic heterocycles. The Balaban J connectivity index is 1.60. The lowest BCUT2D eigenvalue weighted by Crippen LogP contribution is -2.41. The lowest BCUT2D eigenvalue weighted by molar-refractivity contribution is 0.0622. The van der Waals surface area contributed by atoms with Crippen LogP contribution < -0.4 is 10.3 Å². The van der Waals surface area contributed by atoms with E-state index in [1.807, 2.05) is 35.7 Å². The van der Waals surface area contributed by atoms with Crippen LogP contribution in [0.1, 0.15) is 50.8 Å². The summed E-state index contributed by atoms with van der Waals surface area (Å²) in [6, 6.07) is 8.14. The first-order chi connectivity index (χ1) is 16.1. The van der Waals surface area contributed by atoms with E-state index in [0.717, 1.165) is 41.0 Å². The topological polar surface area (TPSA) is 78.5 Å². The second kappa shape index (κ2) is 11.1. The molecule has 0 unspecified atom stereocenters. The average Bonchev–Trinajstić information content (AvgIpc) is 3.27. The summed E-state index contributed by atoms with van der Waals surface area (Å²) < 4.78 is 5.34. The third kappa shape index (κ3) is 5.72. The molecule has 0 aliphatic heterocycles. The number of benzene rings is 1. The van der Waals surface area contributed by atoms with E-state index in [1.165, 1.54) is 30.6 Å². The predicted molar refractivity (Wildman–Crippen MR) is 135 cm³/mol. The van der Waals surface area contributed by atoms with Crippen molar-refractivity contribution in [1.29, 1.82) is 0 Å². The SMILES string of the molecule is C=CCC[C@H](O)CN(Cc1nc2scc(-c3cccc(OC)c3)c2c(=O)[nH]1)C1CCCCC1. The number of allylic oxidation sites excluding steroid dienone is 1. The summed E-state index contributed by atoms with van der Waals surface area (Å²) in [7, 11) is 1.64. The molecule has 2 heterocycles. The number of thiophene rings is 1. The Hall–Kier alpha value is -2.48. The number of fused-ring (bicyclic) bond motifs is 1. The summed E-state index contributed by atoms with van der Waals surface area (Å²) >= 11 is 1.49. The number of H-pyrrole nitrogens is 1. The Morgan fingerprint density at radius 3 is 2.94 bits per heavy atom. The van der Waals surface area contributed by atoms with Gasteiger partial charge in [-0.2, -0.15) is 0 Å². The van der Waals surface area contributed by atoms with E-state index in [2.05, 4.69) is 16.5 Å². The van der Waals surface area contributed by atoms with Crippen LogP contribution in [0.15, 0.2) is 47.1 Å². The van der Waals surface area contributed by atoms with Crippen molar-refractivity contribution < 1.29 is 9.84 Å². The van der Waals surface area contributed by atoms with Crippen molar-refractivity contribution >= 4 is 21.6 Å². The summed E-state index contributed by atoms with van der Waals surface area (Å²) in [5.74, 6) is 1.42. The largest absolute Gasteiger partial charge is 0.497 e. The van der Waals surface area contributed by atoms with Gasteiger partial charge in [-0.3, -0.25) is 9.69 Å². The zero-order chi connectivity index (χ0) is 23.2. The number of nitrogens with one attached hydrogen (secondary N) is 1. The number of aliphatic hydroxyl groups is 1. The van der Waals surface area contributed by atoms with Gasteiger partial charge in [0.2, 0.25) is 0 Å². The van der Waals surface area contributed by atoms with Crippen molar-refractivity contribution in [3.63, 3.8) is 0 Å². The molecule has 0 radical (unpaired) electrons. The van der Waals surface area contributed by atoms with Crippen molar-refractivity contribution in [1.82, 2.24) is 14.9 Å². The van der Waals surface area contributed by atoms with Gasteiger partial charge in [-0.05, 0) is 43.4 Å². The molecule has 1 aliphatic carbocycles. The van der Waals surface area contributed by atoms with E-state index < -0.39 is 6.10 Å². The fourth-order valence-electron chi connectivity index (χ4n) is 4.72. The van der Waals surface area contributed by atoms with E-state index in [0.29, 0.717) is 36.8 Å². The van der Waals surface area contributed by atoms with Gasteiger partial charge < -0.3 is 14.8 Å². The molecular formula is C26H33N3O3S. The molecule has 2 N–H and O–H groups in total. The summed E-state index contributed by atoms with van der Waals surface area (Å²) in [6.45, 7) is 4.88. The average molecular weight is 468 g/mol. The maximum absolute atomic E-state index is 13.1. The molecule has 1 atom stereocenters. The highest BCUT2D eigenvalue weighted by molar-refractivity contribution is 7.17. The zero-order valence-corrected chi connectivity index (χ0v) is 20.1. The molecule has 7 heteroatoms. The molecule has 0 amide bonds. The van der Waals surface area contributed by atoms with Gasteiger partial charge in [-0.15, -0.1) is 17.9 Å². The Morgan fingerprint density at radius 2 is 2.18 bits per heavy atom. The Labute approximate surface area is 198 Å². The highest BCUT2D eigenvalue weighted by Crippen LogP contribution is 2.32. The van der Waals surface area contributed by atoms with Gasteiger partial charge in [0.1, 0.15) is 16.4 Å². The molecule has 176 valence electrons. The van der Waals surface area contributed by atoms with Crippen LogP contribution in [-0.2, 0) is 6.54 Å². The quantitative estimate of drug-likeness (QED) is 0.405. The van der Waals surface area contributed by atoms with Gasteiger partial charge in [0.25, 0.3) is 5.56 Å². The zero-order valence-electron chi connectivity index (χ0n) is 19.3. The summed E-state index contributed by atoms with van der Waals surface area (Å²) in [5, 5.41) is 13.2. The predicted octanol–water partition coefficient (Wildman–Crippen LogP) is 5.12. The number of aliphatic hydroxyl groups excluding tert-OH is 1. The maximum Gasteiger partial charge on any atom is 0.260 e. The molecule has 6 nitrogen and oxygen atoms in total. The molecule has 1 fully saturated rings. The van der Waals surface area contributed by atoms with Gasteiger partial charge in [0, 0.05) is 23.5 Å². The summed E-state index contributed by atoms with van der Waals surface area (Å²) in [6.07, 6.45) is 8.86. The van der Waals surface area contributed by atoms with Crippen molar-refractivity contribution in [2.24, 2.45) is 0 Å². The highest BCUT2D eigenvalue weighted by atomic mass is 32.1. The Bertz CT molecular complexity index is 1130. The minimum Gasteiger partial charge on any atom is -0.497 e. The minimum absolute atomic E-state index is 0.120. The third-order valence-corrected chi connectivity index (χ3v) is 7.34. The fraction of sp³-hybridized carbons (Fsp3) is 0.462. The van der Waals surface area contributed by atoms with Crippen LogP contribution in [-0.4, -0.2) is 45.8 Å². The van der Waals surface area contributed by atoms with Crippen molar-refractivity contribution in [3.05, 3.63) is 58.5 Å². The monoisotopic (exact) mass is 467 g/mol. The van der Waals surface area contributed by atoms with Gasteiger partial charge in [-0.25, -0.2) is 4.98 Å². The molecular weight excluding hydrogens is 434 g/mol. The smallest absolute Gasteiger partial charge is 0.260 e. The lowest BCUT2D eigenvalue weighted by Gasteiger charge is -2.35. The van der Waals surface area contributed by atoms with Crippen LogP contribution in [0.2, 0.25) is 0 Å². The second-order valence-electron chi connectivity index (χ2n) is 8.82. The first-order valence-corrected chi connectivity index (χ1v) is 12.6. The molecule has 3 aromatic rings. The highest BCUT2D eigenvalue weighted by Gasteiger charge is 2.24. The van der Waals surface area contributed by atoms with E-state index in [9.17, 15) is 9.90 Å². The summed E-state index contributed by atoms with van der Waals surface area (Å²) in [5.41, 5.74) is 1.69. The first kappa shape index (κ1) is 23.7. The number of hydrogen-bond acceptors (Lipinski definition) is 6. The molecule has 1 aromatic carbocycles. The third-order valence-electron chi connectivity index (χ3n) is 6.47. The fourth-order valence-corrected chi connectivity index (χ4v) is 5.69. The van der Waals surface area contributed by atoms with Crippen LogP contribution >= 0.6 is 11.3 Å². The van der Waals surface area contributed by atoms with Crippen LogP contribution in [0.4, 0.5) is 0 Å². The first-order valence-electron chi connectivity index (χ1n) is 11.8. The molecule has 1 aliphatic rings. The molecule has 1 saturated carbocycles. The van der Waals surface area contributed by atoms with Gasteiger partial charge in [0.05, 0.1) is 25.1 Å². The van der Waals surface area contributed by atoms with Crippen molar-refractivity contribution in [2.45, 2.75) is 63.6 Å². The molecule has 0 spiro atoms. The maximum atomic E-state index is 13.1. The lowest BCUT2D eigenvalue weighted by atomic mass is 9.93. The normalized spacial score (nSPS) is 15.7. The molecule has 0 saturated heterocycles. The number of hydrogen-bond donors (Lipinski definition) is 2. The van der Waals surface area contributed by atoms with Crippen molar-refractivity contribution in [2.75, 3.05) is 13.7 Å². The van der Waals surface area contributed by atoms with E-state index in [4.69, 9.17) is 9.72 Å². The van der Waals surface area contributed by atoms with Crippen LogP contribution in [0.5, 0.6) is 5.75 Å². The minimum atomic E-state index is -0.415. The van der Waals surface area contributed by atoms with Gasteiger partial charge in [0.15, 0.2) is 0 Å². The van der Waals surface area contributed by atoms with Crippen molar-refractivity contribution in [3.8, 4) is 16.9 Å². The summed E-state index contributed by atoms with van der Waals surface area (Å²) in [4.78, 5) is 24.0. The molecule has 33 heavy (non-hydrogen) atoms. The number of aromatic nitrogens is 2. The van der Waals surface area contributed by atoms with Gasteiger partial charge in [-0.1, -0.05) is 37.5 Å². The molecule has 4 rings (SSSR count). The van der Waals surface area contributed by atoms with Crippen LogP contribution in [0.3, 0.4) is 0 Å². The number of aromatic amines is 1. The number of nitrogens with zero attached hydrogens (tertiary/aromatic N) is 2. The number of methoxy groups -OCH3 is 1. The number of ether oxygens (including phenoxy) is 1. The van der Waals surface area contributed by atoms with E-state index in [1.54, 1.807) is 7.11 Å². The Kier molecular flexibility index (Phi) is 7.96. The Morgan fingerprint density at radius 1 is 1.36 bits per heavy atom. The second-order valence-corrected chi connectivity index (χ2v) is 9.67. The number of rotatable bonds is 10. The standard InChI is InChI=1S/C26H33N3O3S/c1-3-4-12-20(30)15-29(19-10-6-5-7-11-19)16-23-27-25(31)24-22(17-33-26(24)28-23)18-9-8-13-21(14-18)32-2/h3,8-9,13-14,17,19-20,30H,1,4-7,10-12,15-16H2,2H3,(H,27,28,31)/t20-/m0/s1. The van der Waals surface area contributed by atoms with E-state index >= 15 is 0 Å².